The molecule has 0 radical (unpaired) electrons. The third-order valence-corrected chi connectivity index (χ3v) is 1.95. The molecule has 0 amide bonds. The maximum absolute atomic E-state index is 8.41. The molecule has 0 fully saturated rings. The summed E-state index contributed by atoms with van der Waals surface area (Å²) in [5, 5.41) is 8.41. The van der Waals surface area contributed by atoms with Gasteiger partial charge in [0.25, 0.3) is 0 Å². The fraction of sp³-hybridized carbons (Fsp3) is 0.364. The Kier molecular flexibility index (Phi) is 3.49. The Bertz CT molecular complexity index is 353. The second-order valence-corrected chi connectivity index (χ2v) is 3.28. The van der Waals surface area contributed by atoms with Crippen molar-refractivity contribution in [2.45, 2.75) is 19.9 Å². The van der Waals surface area contributed by atoms with Crippen LogP contribution in [0.4, 0.5) is 0 Å². The molecular weight excluding hydrogens is 176 g/mol. The maximum atomic E-state index is 8.41. The van der Waals surface area contributed by atoms with Gasteiger partial charge in [0.15, 0.2) is 6.61 Å². The number of nitrogens with zero attached hydrogens (tertiary/aromatic N) is 1. The van der Waals surface area contributed by atoms with Gasteiger partial charge in [-0.2, -0.15) is 5.26 Å². The Balaban J connectivity index is 2.97. The van der Waals surface area contributed by atoms with E-state index in [0.29, 0.717) is 5.75 Å². The van der Waals surface area contributed by atoms with Crippen molar-refractivity contribution in [1.29, 1.82) is 5.26 Å². The van der Waals surface area contributed by atoms with Gasteiger partial charge in [-0.25, -0.2) is 0 Å². The monoisotopic (exact) mass is 190 g/mol. The summed E-state index contributed by atoms with van der Waals surface area (Å²) in [6.07, 6.45) is 0. The minimum absolute atomic E-state index is 0.0583. The lowest BCUT2D eigenvalue weighted by atomic mass is 10.1. The molecule has 3 heteroatoms. The zero-order valence-electron chi connectivity index (χ0n) is 8.45. The summed E-state index contributed by atoms with van der Waals surface area (Å²) in [6, 6.07) is 7.63. The lowest BCUT2D eigenvalue weighted by Crippen LogP contribution is -2.08. The molecule has 0 saturated heterocycles. The van der Waals surface area contributed by atoms with Crippen LogP contribution in [-0.2, 0) is 0 Å². The molecule has 1 unspecified atom stereocenters. The number of nitrogens with two attached hydrogens (primary N) is 1. The summed E-state index contributed by atoms with van der Waals surface area (Å²) in [7, 11) is 0. The Morgan fingerprint density at radius 2 is 2.29 bits per heavy atom. The van der Waals surface area contributed by atoms with Gasteiger partial charge in [-0.05, 0) is 19.9 Å². The summed E-state index contributed by atoms with van der Waals surface area (Å²) < 4.78 is 5.26. The number of benzene rings is 1. The third kappa shape index (κ3) is 2.48. The molecule has 0 bridgehead atoms. The second-order valence-electron chi connectivity index (χ2n) is 3.28. The molecule has 3 nitrogen and oxygen atoms in total. The predicted molar refractivity (Wildman–Crippen MR) is 54.9 cm³/mol. The molecule has 1 aromatic rings. The van der Waals surface area contributed by atoms with Gasteiger partial charge in [-0.3, -0.25) is 0 Å². The van der Waals surface area contributed by atoms with Crippen LogP contribution in [0, 0.1) is 18.3 Å². The minimum atomic E-state index is -0.0800. The first-order chi connectivity index (χ1) is 6.65. The smallest absolute Gasteiger partial charge is 0.174 e. The minimum Gasteiger partial charge on any atom is -0.478 e. The first kappa shape index (κ1) is 10.6. The van der Waals surface area contributed by atoms with Gasteiger partial charge >= 0.3 is 0 Å². The van der Waals surface area contributed by atoms with Crippen molar-refractivity contribution in [2.24, 2.45) is 5.73 Å². The Morgan fingerprint density at radius 3 is 2.86 bits per heavy atom. The van der Waals surface area contributed by atoms with Crippen LogP contribution in [0.3, 0.4) is 0 Å². The van der Waals surface area contributed by atoms with E-state index in [4.69, 9.17) is 15.7 Å². The Hall–Kier alpha value is -1.53. The van der Waals surface area contributed by atoms with Gasteiger partial charge in [-0.15, -0.1) is 0 Å². The molecule has 0 heterocycles. The molecule has 1 atom stereocenters. The summed E-state index contributed by atoms with van der Waals surface area (Å²) >= 11 is 0. The van der Waals surface area contributed by atoms with E-state index < -0.39 is 0 Å². The second kappa shape index (κ2) is 4.64. The van der Waals surface area contributed by atoms with Crippen molar-refractivity contribution < 1.29 is 4.74 Å². The van der Waals surface area contributed by atoms with Crippen LogP contribution < -0.4 is 10.5 Å². The summed E-state index contributed by atoms with van der Waals surface area (Å²) in [4.78, 5) is 0. The average Bonchev–Trinajstić information content (AvgIpc) is 2.15. The summed E-state index contributed by atoms with van der Waals surface area (Å²) in [6.45, 7) is 3.96. The highest BCUT2D eigenvalue weighted by atomic mass is 16.5. The molecule has 74 valence electrons. The number of hydrogen-bond acceptors (Lipinski definition) is 3. The first-order valence-corrected chi connectivity index (χ1v) is 4.51. The molecule has 14 heavy (non-hydrogen) atoms. The van der Waals surface area contributed by atoms with Gasteiger partial charge in [0.1, 0.15) is 11.8 Å². The van der Waals surface area contributed by atoms with E-state index in [0.717, 1.165) is 11.1 Å². The number of ether oxygens (including phenoxy) is 1. The van der Waals surface area contributed by atoms with Crippen molar-refractivity contribution in [2.75, 3.05) is 6.61 Å². The molecule has 0 aliphatic carbocycles. The van der Waals surface area contributed by atoms with Crippen LogP contribution in [0.1, 0.15) is 24.1 Å². The molecule has 1 rings (SSSR count). The molecule has 0 spiro atoms. The Morgan fingerprint density at radius 1 is 1.57 bits per heavy atom. The highest BCUT2D eigenvalue weighted by Crippen LogP contribution is 2.24. The quantitative estimate of drug-likeness (QED) is 0.792. The molecule has 0 aliphatic rings. The van der Waals surface area contributed by atoms with Crippen LogP contribution in [-0.4, -0.2) is 6.61 Å². The van der Waals surface area contributed by atoms with E-state index >= 15 is 0 Å². The van der Waals surface area contributed by atoms with Crippen molar-refractivity contribution >= 4 is 0 Å². The van der Waals surface area contributed by atoms with Crippen LogP contribution in [0.15, 0.2) is 18.2 Å². The van der Waals surface area contributed by atoms with E-state index in [1.807, 2.05) is 38.1 Å². The van der Waals surface area contributed by atoms with Crippen molar-refractivity contribution in [3.8, 4) is 11.8 Å². The topological polar surface area (TPSA) is 59.0 Å². The van der Waals surface area contributed by atoms with Gasteiger partial charge in [0.2, 0.25) is 0 Å². The first-order valence-electron chi connectivity index (χ1n) is 4.51. The normalized spacial score (nSPS) is 11.9. The van der Waals surface area contributed by atoms with E-state index in [2.05, 4.69) is 0 Å². The molecule has 0 aromatic heterocycles. The summed E-state index contributed by atoms with van der Waals surface area (Å²) in [5.74, 6) is 0.701. The third-order valence-electron chi connectivity index (χ3n) is 1.95. The summed E-state index contributed by atoms with van der Waals surface area (Å²) in [5.41, 5.74) is 7.88. The van der Waals surface area contributed by atoms with Gasteiger partial charge in [0, 0.05) is 11.6 Å². The Labute approximate surface area is 84.1 Å². The van der Waals surface area contributed by atoms with E-state index in [9.17, 15) is 0 Å². The molecule has 2 N–H and O–H groups in total. The number of aryl methyl sites for hydroxylation is 1. The molecule has 0 saturated carbocycles. The van der Waals surface area contributed by atoms with E-state index in [1.165, 1.54) is 0 Å². The maximum Gasteiger partial charge on any atom is 0.174 e. The highest BCUT2D eigenvalue weighted by Gasteiger charge is 2.07. The zero-order chi connectivity index (χ0) is 10.6. The van der Waals surface area contributed by atoms with Crippen molar-refractivity contribution in [1.82, 2.24) is 0 Å². The van der Waals surface area contributed by atoms with Crippen LogP contribution in [0.2, 0.25) is 0 Å². The van der Waals surface area contributed by atoms with Crippen LogP contribution in [0.5, 0.6) is 5.75 Å². The van der Waals surface area contributed by atoms with Gasteiger partial charge < -0.3 is 10.5 Å². The molecule has 0 aliphatic heterocycles. The van der Waals surface area contributed by atoms with E-state index in [1.54, 1.807) is 0 Å². The number of rotatable bonds is 3. The standard InChI is InChI=1S/C11H14N2O/c1-8-3-4-11(14-6-5-12)10(7-8)9(2)13/h3-4,7,9H,6,13H2,1-2H3. The van der Waals surface area contributed by atoms with Crippen molar-refractivity contribution in [3.63, 3.8) is 0 Å². The van der Waals surface area contributed by atoms with Crippen LogP contribution in [0.25, 0.3) is 0 Å². The highest BCUT2D eigenvalue weighted by molar-refractivity contribution is 5.38. The van der Waals surface area contributed by atoms with Gasteiger partial charge in [-0.1, -0.05) is 17.7 Å². The molecule has 1 aromatic carbocycles. The average molecular weight is 190 g/mol. The lowest BCUT2D eigenvalue weighted by molar-refractivity contribution is 0.362. The van der Waals surface area contributed by atoms with E-state index in [-0.39, 0.29) is 12.6 Å². The van der Waals surface area contributed by atoms with Gasteiger partial charge in [0.05, 0.1) is 0 Å². The molecular formula is C11H14N2O. The lowest BCUT2D eigenvalue weighted by Gasteiger charge is -2.12. The number of nitriles is 1. The fourth-order valence-electron chi connectivity index (χ4n) is 1.27. The zero-order valence-corrected chi connectivity index (χ0v) is 8.45. The SMILES string of the molecule is Cc1ccc(OCC#N)c(C(C)N)c1. The largest absolute Gasteiger partial charge is 0.478 e. The fourth-order valence-corrected chi connectivity index (χ4v) is 1.27. The predicted octanol–water partition coefficient (Wildman–Crippen LogP) is 1.92. The van der Waals surface area contributed by atoms with Crippen molar-refractivity contribution in [3.05, 3.63) is 29.3 Å². The number of hydrogen-bond donors (Lipinski definition) is 1. The van der Waals surface area contributed by atoms with Crippen LogP contribution >= 0.6 is 0 Å².